The first-order valence-electron chi connectivity index (χ1n) is 22.5. The van der Waals surface area contributed by atoms with Gasteiger partial charge in [0.05, 0.1) is 11.5 Å². The molecule has 6 rings (SSSR count). The summed E-state index contributed by atoms with van der Waals surface area (Å²) in [6.07, 6.45) is 26.0. The fraction of sp³-hybridized carbons (Fsp3) is 0.620. The summed E-state index contributed by atoms with van der Waals surface area (Å²) in [6, 6.07) is 12.2. The van der Waals surface area contributed by atoms with Crippen molar-refractivity contribution in [2.45, 2.75) is 187 Å². The zero-order valence-corrected chi connectivity index (χ0v) is 37.6. The maximum absolute atomic E-state index is 12.2. The second-order valence-corrected chi connectivity index (χ2v) is 20.3. The molecule has 0 saturated carbocycles. The smallest absolute Gasteiger partial charge is 0.160 e. The van der Waals surface area contributed by atoms with Gasteiger partial charge in [-0.15, -0.1) is 34.0 Å². The Bertz CT molecular complexity index is 1810. The van der Waals surface area contributed by atoms with E-state index in [9.17, 15) is 9.90 Å². The number of carbonyl (C=O) groups excluding carboxylic acids is 1. The number of unbranched alkanes of at least 4 members (excludes halogenated alkanes) is 8. The standard InChI is InChI=1S/C50H70O2S3/c1-7-13-17-19-24-49(25-20-18-14-8-2)42-29-39(37(33-51)27-40(42)46-43(49)28-38(34-52)54-46)45-30-44-48(55-45)47-41(23-26-53-47)50(44,31-35(11-5)21-15-9-3)32-36(12-6)22-16-10-4/h23,26-30,34-36,51H,7-22,24-25,31-33H2,1-6H3. The molecule has 1 aromatic carbocycles. The van der Waals surface area contributed by atoms with E-state index in [1.165, 1.54) is 157 Å². The van der Waals surface area contributed by atoms with E-state index in [1.807, 2.05) is 22.7 Å². The first-order chi connectivity index (χ1) is 26.9. The molecule has 0 saturated heterocycles. The van der Waals surface area contributed by atoms with Gasteiger partial charge in [0.15, 0.2) is 6.29 Å². The van der Waals surface area contributed by atoms with E-state index in [4.69, 9.17) is 0 Å². The minimum absolute atomic E-state index is 0.0195. The molecule has 3 aromatic heterocycles. The fourth-order valence-corrected chi connectivity index (χ4v) is 14.2. The highest BCUT2D eigenvalue weighted by molar-refractivity contribution is 7.23. The number of hydrogen-bond acceptors (Lipinski definition) is 5. The van der Waals surface area contributed by atoms with Crippen LogP contribution in [0.5, 0.6) is 0 Å². The van der Waals surface area contributed by atoms with Gasteiger partial charge >= 0.3 is 0 Å². The Balaban J connectivity index is 1.51. The van der Waals surface area contributed by atoms with Crippen LogP contribution < -0.4 is 0 Å². The van der Waals surface area contributed by atoms with Crippen LogP contribution in [-0.2, 0) is 17.4 Å². The zero-order chi connectivity index (χ0) is 39.0. The van der Waals surface area contributed by atoms with Crippen LogP contribution in [0.4, 0.5) is 0 Å². The number of fused-ring (bicyclic) bond motifs is 6. The van der Waals surface area contributed by atoms with Crippen LogP contribution in [0, 0.1) is 11.8 Å². The lowest BCUT2D eigenvalue weighted by molar-refractivity contribution is 0.112. The van der Waals surface area contributed by atoms with Crippen LogP contribution in [0.15, 0.2) is 35.7 Å². The second-order valence-electron chi connectivity index (χ2n) is 17.3. The molecule has 0 radical (unpaired) electrons. The highest BCUT2D eigenvalue weighted by atomic mass is 32.1. The van der Waals surface area contributed by atoms with Crippen LogP contribution >= 0.6 is 34.0 Å². The third-order valence-electron chi connectivity index (χ3n) is 13.7. The molecule has 0 fully saturated rings. The summed E-state index contributed by atoms with van der Waals surface area (Å²) in [5.74, 6) is 1.44. The van der Waals surface area contributed by atoms with E-state index in [1.54, 1.807) is 22.5 Å². The maximum Gasteiger partial charge on any atom is 0.160 e. The lowest BCUT2D eigenvalue weighted by atomic mass is 9.65. The summed E-state index contributed by atoms with van der Waals surface area (Å²) < 4.78 is 0. The quantitative estimate of drug-likeness (QED) is 0.0536. The summed E-state index contributed by atoms with van der Waals surface area (Å²) >= 11 is 5.63. The van der Waals surface area contributed by atoms with Crippen molar-refractivity contribution in [1.82, 2.24) is 0 Å². The van der Waals surface area contributed by atoms with Gasteiger partial charge in [-0.2, -0.15) is 0 Å². The molecular weight excluding hydrogens is 729 g/mol. The summed E-state index contributed by atoms with van der Waals surface area (Å²) in [6.45, 7) is 14.2. The highest BCUT2D eigenvalue weighted by Gasteiger charge is 2.48. The van der Waals surface area contributed by atoms with E-state index in [-0.39, 0.29) is 17.4 Å². The van der Waals surface area contributed by atoms with Crippen molar-refractivity contribution in [2.75, 3.05) is 0 Å². The SMILES string of the molecule is CCCCCCC1(CCCCCC)c2cc(-c3cc4c(s3)-c3sccc3C4(CC(CC)CCCC)CC(CC)CCCC)c(CO)cc2-c2sc(C=O)cc21. The number of rotatable bonds is 25. The normalized spacial score (nSPS) is 17.6. The molecule has 1 N–H and O–H groups in total. The Labute approximate surface area is 346 Å². The number of benzene rings is 1. The summed E-state index contributed by atoms with van der Waals surface area (Å²) in [5, 5.41) is 13.5. The Morgan fingerprint density at radius 1 is 0.618 bits per heavy atom. The molecular formula is C50H70O2S3. The molecule has 2 atom stereocenters. The first kappa shape index (κ1) is 42.6. The highest BCUT2D eigenvalue weighted by Crippen LogP contribution is 2.63. The van der Waals surface area contributed by atoms with Crippen molar-refractivity contribution in [3.8, 4) is 30.6 Å². The van der Waals surface area contributed by atoms with E-state index >= 15 is 0 Å². The predicted molar refractivity (Wildman–Crippen MR) is 243 cm³/mol. The van der Waals surface area contributed by atoms with Gasteiger partial charge in [0, 0.05) is 30.3 Å². The van der Waals surface area contributed by atoms with Gasteiger partial charge in [-0.05, 0) is 112 Å². The number of aliphatic hydroxyl groups excluding tert-OH is 1. The maximum atomic E-state index is 12.2. The van der Waals surface area contributed by atoms with Crippen molar-refractivity contribution in [1.29, 1.82) is 0 Å². The minimum atomic E-state index is -0.0848. The molecule has 5 heteroatoms. The number of aliphatic hydroxyl groups is 1. The number of aldehydes is 1. The lowest BCUT2D eigenvalue weighted by Crippen LogP contribution is -2.31. The van der Waals surface area contributed by atoms with Crippen LogP contribution in [0.3, 0.4) is 0 Å². The topological polar surface area (TPSA) is 37.3 Å². The molecule has 4 aromatic rings. The van der Waals surface area contributed by atoms with Crippen molar-refractivity contribution in [2.24, 2.45) is 11.8 Å². The molecule has 0 bridgehead atoms. The van der Waals surface area contributed by atoms with Crippen LogP contribution in [-0.4, -0.2) is 11.4 Å². The molecule has 0 spiro atoms. The molecule has 2 unspecified atom stereocenters. The van der Waals surface area contributed by atoms with E-state index in [0.29, 0.717) is 0 Å². The summed E-state index contributed by atoms with van der Waals surface area (Å²) in [7, 11) is 0. The van der Waals surface area contributed by atoms with Crippen molar-refractivity contribution in [3.05, 3.63) is 68.4 Å². The van der Waals surface area contributed by atoms with Crippen molar-refractivity contribution in [3.63, 3.8) is 0 Å². The minimum Gasteiger partial charge on any atom is -0.392 e. The second kappa shape index (κ2) is 19.6. The average molecular weight is 799 g/mol. The van der Waals surface area contributed by atoms with Gasteiger partial charge < -0.3 is 5.11 Å². The van der Waals surface area contributed by atoms with Gasteiger partial charge in [-0.1, -0.05) is 144 Å². The molecule has 3 heterocycles. The molecule has 2 aliphatic rings. The Hall–Kier alpha value is -2.05. The van der Waals surface area contributed by atoms with Crippen molar-refractivity contribution < 1.29 is 9.90 Å². The third kappa shape index (κ3) is 8.44. The van der Waals surface area contributed by atoms with Crippen LogP contribution in [0.2, 0.25) is 0 Å². The monoisotopic (exact) mass is 798 g/mol. The molecule has 0 amide bonds. The molecule has 0 aliphatic heterocycles. The molecule has 55 heavy (non-hydrogen) atoms. The van der Waals surface area contributed by atoms with Gasteiger partial charge in [-0.3, -0.25) is 4.79 Å². The molecule has 300 valence electrons. The van der Waals surface area contributed by atoms with E-state index in [0.717, 1.165) is 41.4 Å². The van der Waals surface area contributed by atoms with Gasteiger partial charge in [-0.25, -0.2) is 0 Å². The largest absolute Gasteiger partial charge is 0.392 e. The third-order valence-corrected chi connectivity index (χ3v) is 17.1. The zero-order valence-electron chi connectivity index (χ0n) is 35.1. The van der Waals surface area contributed by atoms with Crippen LogP contribution in [0.1, 0.15) is 207 Å². The Morgan fingerprint density at radius 3 is 1.80 bits per heavy atom. The van der Waals surface area contributed by atoms with Crippen LogP contribution in [0.25, 0.3) is 30.6 Å². The molecule has 2 nitrogen and oxygen atoms in total. The van der Waals surface area contributed by atoms with Gasteiger partial charge in [0.25, 0.3) is 0 Å². The van der Waals surface area contributed by atoms with Gasteiger partial charge in [0.2, 0.25) is 0 Å². The molecule has 2 aliphatic carbocycles. The lowest BCUT2D eigenvalue weighted by Gasteiger charge is -2.37. The Kier molecular flexibility index (Phi) is 15.2. The summed E-state index contributed by atoms with van der Waals surface area (Å²) in [5.41, 5.74) is 9.54. The number of hydrogen-bond donors (Lipinski definition) is 1. The van der Waals surface area contributed by atoms with Gasteiger partial charge in [0.1, 0.15) is 0 Å². The fourth-order valence-electron chi connectivity index (χ4n) is 10.6. The average Bonchev–Trinajstić information content (AvgIpc) is 4.03. The van der Waals surface area contributed by atoms with Crippen molar-refractivity contribution >= 4 is 40.3 Å². The van der Waals surface area contributed by atoms with E-state index in [2.05, 4.69) is 77.3 Å². The predicted octanol–water partition coefficient (Wildman–Crippen LogP) is 16.5. The number of thiophene rings is 3. The number of carbonyl (C=O) groups is 1. The first-order valence-corrected chi connectivity index (χ1v) is 25.0. The van der Waals surface area contributed by atoms with E-state index < -0.39 is 0 Å². The summed E-state index contributed by atoms with van der Waals surface area (Å²) in [4.78, 5) is 18.7. The Morgan fingerprint density at radius 2 is 1.24 bits per heavy atom.